The van der Waals surface area contributed by atoms with Gasteiger partial charge in [0.05, 0.1) is 6.04 Å². The van der Waals surface area contributed by atoms with E-state index in [2.05, 4.69) is 10.6 Å². The predicted octanol–water partition coefficient (Wildman–Crippen LogP) is 1.07. The van der Waals surface area contributed by atoms with E-state index in [1.165, 1.54) is 11.0 Å². The third kappa shape index (κ3) is 6.83. The molecule has 0 spiro atoms. The molecule has 1 saturated heterocycles. The number of nitrogens with one attached hydrogen (secondary N) is 2. The summed E-state index contributed by atoms with van der Waals surface area (Å²) >= 11 is 0. The molecule has 0 aromatic heterocycles. The molecule has 0 radical (unpaired) electrons. The topological polar surface area (TPSA) is 122 Å². The molecule has 4 N–H and O–H groups in total. The highest BCUT2D eigenvalue weighted by molar-refractivity contribution is 5.97. The van der Waals surface area contributed by atoms with Gasteiger partial charge in [-0.1, -0.05) is 36.4 Å². The molecular weight excluding hydrogens is 460 g/mol. The van der Waals surface area contributed by atoms with E-state index in [0.717, 1.165) is 5.56 Å². The number of hydrogen-bond acceptors (Lipinski definition) is 6. The Balaban J connectivity index is 1.78. The lowest BCUT2D eigenvalue weighted by Gasteiger charge is -2.30. The summed E-state index contributed by atoms with van der Waals surface area (Å²) in [5, 5.41) is 26.8. The second-order valence-electron chi connectivity index (χ2n) is 9.45. The van der Waals surface area contributed by atoms with Gasteiger partial charge in [-0.3, -0.25) is 14.4 Å². The van der Waals surface area contributed by atoms with Crippen molar-refractivity contribution in [3.63, 3.8) is 0 Å². The van der Waals surface area contributed by atoms with Gasteiger partial charge < -0.3 is 30.6 Å². The van der Waals surface area contributed by atoms with E-state index < -0.39 is 30.0 Å². The predicted molar refractivity (Wildman–Crippen MR) is 137 cm³/mol. The number of likely N-dealkylation sites (tertiary alicyclic amines) is 1. The highest BCUT2D eigenvalue weighted by atomic mass is 16.3. The number of nitrogens with zero attached hydrogens (tertiary/aromatic N) is 2. The maximum atomic E-state index is 13.4. The zero-order chi connectivity index (χ0) is 26.2. The maximum absolute atomic E-state index is 13.4. The van der Waals surface area contributed by atoms with Crippen LogP contribution in [0.2, 0.25) is 0 Å². The van der Waals surface area contributed by atoms with Crippen molar-refractivity contribution in [3.8, 4) is 5.75 Å². The van der Waals surface area contributed by atoms with Gasteiger partial charge in [0.15, 0.2) is 6.10 Å². The number of carbonyl (C=O) groups excluding carboxylic acids is 3. The van der Waals surface area contributed by atoms with Gasteiger partial charge in [0, 0.05) is 30.8 Å². The molecule has 1 heterocycles. The summed E-state index contributed by atoms with van der Waals surface area (Å²) in [6.45, 7) is 3.12. The summed E-state index contributed by atoms with van der Waals surface area (Å²) < 4.78 is 0. The molecule has 0 aliphatic carbocycles. The number of phenolic OH excluding ortho intramolecular Hbond substituents is 1. The molecule has 3 amide bonds. The molecule has 3 atom stereocenters. The molecule has 0 saturated carbocycles. The Labute approximate surface area is 212 Å². The van der Waals surface area contributed by atoms with Crippen LogP contribution in [0, 0.1) is 6.92 Å². The van der Waals surface area contributed by atoms with Crippen molar-refractivity contribution in [2.45, 2.75) is 44.4 Å². The Bertz CT molecular complexity index is 1060. The molecule has 2 aromatic carbocycles. The third-order valence-electron chi connectivity index (χ3n) is 6.50. The molecule has 3 rings (SSSR count). The first kappa shape index (κ1) is 27.2. The van der Waals surface area contributed by atoms with Gasteiger partial charge in [-0.25, -0.2) is 0 Å². The van der Waals surface area contributed by atoms with Crippen LogP contribution in [0.3, 0.4) is 0 Å². The summed E-state index contributed by atoms with van der Waals surface area (Å²) in [5.41, 5.74) is 1.50. The Hall–Kier alpha value is -3.43. The average molecular weight is 497 g/mol. The van der Waals surface area contributed by atoms with Gasteiger partial charge in [-0.2, -0.15) is 0 Å². The number of hydrogen-bond donors (Lipinski definition) is 4. The Morgan fingerprint density at radius 2 is 1.83 bits per heavy atom. The van der Waals surface area contributed by atoms with Crippen LogP contribution in [0.1, 0.15) is 34.3 Å². The quantitative estimate of drug-likeness (QED) is 0.390. The van der Waals surface area contributed by atoms with Crippen molar-refractivity contribution in [2.75, 3.05) is 33.7 Å². The number of rotatable bonds is 10. The lowest BCUT2D eigenvalue weighted by Crippen LogP contribution is -2.56. The molecule has 9 heteroatoms. The number of phenols is 1. The van der Waals surface area contributed by atoms with Crippen LogP contribution in [0.5, 0.6) is 5.75 Å². The zero-order valence-corrected chi connectivity index (χ0v) is 21.1. The van der Waals surface area contributed by atoms with Crippen molar-refractivity contribution in [2.24, 2.45) is 0 Å². The van der Waals surface area contributed by atoms with E-state index in [4.69, 9.17) is 0 Å². The van der Waals surface area contributed by atoms with Crippen LogP contribution in [0.4, 0.5) is 0 Å². The first-order valence-electron chi connectivity index (χ1n) is 12.2. The summed E-state index contributed by atoms with van der Waals surface area (Å²) in [7, 11) is 3.82. The molecule has 9 nitrogen and oxygen atoms in total. The summed E-state index contributed by atoms with van der Waals surface area (Å²) in [6, 6.07) is 12.3. The van der Waals surface area contributed by atoms with Gasteiger partial charge in [0.25, 0.3) is 11.8 Å². The fourth-order valence-corrected chi connectivity index (χ4v) is 4.39. The van der Waals surface area contributed by atoms with E-state index in [-0.39, 0.29) is 23.6 Å². The standard InChI is InChI=1S/C27H36N4O5/c1-18-20(11-7-13-23(18)32)25(34)29-21(17-19-9-5-4-6-10-19)24(33)27(36)31-15-8-12-22(31)26(35)28-14-16-30(2)3/h4-7,9-11,13,21-22,24,32-33H,8,12,14-17H2,1-3H3,(H,28,35)(H,29,34)/t21-,22-,24-/m0/s1. The van der Waals surface area contributed by atoms with Crippen LogP contribution in [0.25, 0.3) is 0 Å². The number of likely N-dealkylation sites (N-methyl/N-ethyl adjacent to an activating group) is 1. The Kier molecular flexibility index (Phi) is 9.44. The average Bonchev–Trinajstić information content (AvgIpc) is 3.35. The lowest BCUT2D eigenvalue weighted by molar-refractivity contribution is -0.146. The van der Waals surface area contributed by atoms with Crippen LogP contribution in [-0.4, -0.2) is 89.7 Å². The van der Waals surface area contributed by atoms with Crippen LogP contribution < -0.4 is 10.6 Å². The van der Waals surface area contributed by atoms with Crippen molar-refractivity contribution in [1.29, 1.82) is 0 Å². The molecular formula is C27H36N4O5. The number of aliphatic hydroxyl groups is 1. The van der Waals surface area contributed by atoms with Crippen molar-refractivity contribution in [1.82, 2.24) is 20.4 Å². The minimum Gasteiger partial charge on any atom is -0.508 e. The summed E-state index contributed by atoms with van der Waals surface area (Å²) in [6.07, 6.45) is -0.167. The zero-order valence-electron chi connectivity index (χ0n) is 21.1. The van der Waals surface area contributed by atoms with Crippen molar-refractivity contribution < 1.29 is 24.6 Å². The lowest BCUT2D eigenvalue weighted by atomic mass is 9.98. The Morgan fingerprint density at radius 3 is 2.53 bits per heavy atom. The van der Waals surface area contributed by atoms with Crippen LogP contribution in [0.15, 0.2) is 48.5 Å². The maximum Gasteiger partial charge on any atom is 0.254 e. The molecule has 194 valence electrons. The highest BCUT2D eigenvalue weighted by Gasteiger charge is 2.39. The summed E-state index contributed by atoms with van der Waals surface area (Å²) in [5.74, 6) is -1.35. The normalized spacial score (nSPS) is 17.0. The number of aliphatic hydroxyl groups excluding tert-OH is 1. The fraction of sp³-hybridized carbons (Fsp3) is 0.444. The first-order valence-corrected chi connectivity index (χ1v) is 12.2. The molecule has 1 fully saturated rings. The number of carbonyl (C=O) groups is 3. The molecule has 1 aliphatic rings. The Morgan fingerprint density at radius 1 is 1.11 bits per heavy atom. The largest absolute Gasteiger partial charge is 0.508 e. The van der Waals surface area contributed by atoms with E-state index in [0.29, 0.717) is 38.0 Å². The minimum absolute atomic E-state index is 0.0147. The van der Waals surface area contributed by atoms with Gasteiger partial charge in [-0.05, 0) is 58.0 Å². The highest BCUT2D eigenvalue weighted by Crippen LogP contribution is 2.22. The first-order chi connectivity index (χ1) is 17.2. The fourth-order valence-electron chi connectivity index (χ4n) is 4.39. The number of amides is 3. The number of aromatic hydroxyl groups is 1. The molecule has 0 bridgehead atoms. The molecule has 0 unspecified atom stereocenters. The van der Waals surface area contributed by atoms with Crippen LogP contribution >= 0.6 is 0 Å². The van der Waals surface area contributed by atoms with E-state index >= 15 is 0 Å². The minimum atomic E-state index is -1.55. The number of benzene rings is 2. The second kappa shape index (κ2) is 12.5. The molecule has 36 heavy (non-hydrogen) atoms. The smallest absolute Gasteiger partial charge is 0.254 e. The van der Waals surface area contributed by atoms with E-state index in [1.807, 2.05) is 49.3 Å². The van der Waals surface area contributed by atoms with Gasteiger partial charge in [0.1, 0.15) is 11.8 Å². The molecule has 1 aliphatic heterocycles. The SMILES string of the molecule is Cc1c(O)cccc1C(=O)N[C@@H](Cc1ccccc1)[C@H](O)C(=O)N1CCC[C@H]1C(=O)NCCN(C)C. The van der Waals surface area contributed by atoms with Crippen molar-refractivity contribution in [3.05, 3.63) is 65.2 Å². The monoisotopic (exact) mass is 496 g/mol. The van der Waals surface area contributed by atoms with Gasteiger partial charge in [-0.15, -0.1) is 0 Å². The van der Waals surface area contributed by atoms with Crippen LogP contribution in [-0.2, 0) is 16.0 Å². The van der Waals surface area contributed by atoms with E-state index in [1.54, 1.807) is 19.1 Å². The van der Waals surface area contributed by atoms with E-state index in [9.17, 15) is 24.6 Å². The summed E-state index contributed by atoms with van der Waals surface area (Å²) in [4.78, 5) is 42.6. The second-order valence-corrected chi connectivity index (χ2v) is 9.45. The third-order valence-corrected chi connectivity index (χ3v) is 6.50. The van der Waals surface area contributed by atoms with Crippen molar-refractivity contribution >= 4 is 17.7 Å². The van der Waals surface area contributed by atoms with Gasteiger partial charge in [0.2, 0.25) is 5.91 Å². The van der Waals surface area contributed by atoms with Gasteiger partial charge >= 0.3 is 0 Å². The molecule has 2 aromatic rings.